The highest BCUT2D eigenvalue weighted by Gasteiger charge is 2.28. The fourth-order valence-electron chi connectivity index (χ4n) is 2.45. The lowest BCUT2D eigenvalue weighted by Crippen LogP contribution is -2.46. The normalized spacial score (nSPS) is 16.3. The summed E-state index contributed by atoms with van der Waals surface area (Å²) in [5.74, 6) is -0.256. The van der Waals surface area contributed by atoms with Gasteiger partial charge in [0.2, 0.25) is 5.91 Å². The third kappa shape index (κ3) is 5.99. The average molecular weight is 302 g/mol. The Bertz CT molecular complexity index is 329. The van der Waals surface area contributed by atoms with E-state index in [1.165, 1.54) is 7.11 Å². The first-order valence-corrected chi connectivity index (χ1v) is 7.30. The number of hydrogen-bond donors (Lipinski definition) is 1. The molecule has 0 bridgehead atoms. The highest BCUT2D eigenvalue weighted by Crippen LogP contribution is 2.18. The Hall–Kier alpha value is -1.18. The van der Waals surface area contributed by atoms with E-state index in [1.807, 2.05) is 4.90 Å². The molecular weight excluding hydrogens is 276 g/mol. The molecule has 1 aliphatic heterocycles. The first-order valence-electron chi connectivity index (χ1n) is 7.30. The maximum Gasteiger partial charge on any atom is 0.308 e. The minimum atomic E-state index is -0.191. The van der Waals surface area contributed by atoms with Crippen LogP contribution >= 0.6 is 0 Å². The van der Waals surface area contributed by atoms with Gasteiger partial charge in [-0.05, 0) is 12.8 Å². The largest absolute Gasteiger partial charge is 0.469 e. The van der Waals surface area contributed by atoms with Crippen molar-refractivity contribution >= 4 is 11.9 Å². The molecule has 1 N–H and O–H groups in total. The van der Waals surface area contributed by atoms with Crippen LogP contribution in [-0.4, -0.2) is 86.9 Å². The second kappa shape index (κ2) is 9.70. The van der Waals surface area contributed by atoms with Crippen molar-refractivity contribution in [1.29, 1.82) is 0 Å². The van der Waals surface area contributed by atoms with Crippen molar-refractivity contribution in [3.8, 4) is 0 Å². The van der Waals surface area contributed by atoms with Gasteiger partial charge >= 0.3 is 5.97 Å². The van der Waals surface area contributed by atoms with Crippen LogP contribution < -0.4 is 0 Å². The number of carbonyl (C=O) groups is 2. The Morgan fingerprint density at radius 3 is 2.43 bits per heavy atom. The maximum absolute atomic E-state index is 12.2. The van der Waals surface area contributed by atoms with Gasteiger partial charge in [-0.1, -0.05) is 0 Å². The van der Waals surface area contributed by atoms with Crippen molar-refractivity contribution < 1.29 is 24.2 Å². The van der Waals surface area contributed by atoms with Crippen molar-refractivity contribution in [2.75, 3.05) is 60.2 Å². The molecule has 0 aromatic carbocycles. The Labute approximate surface area is 125 Å². The SMILES string of the molecule is COCCN(CCO)CC(=O)N1CCC(C(=O)OC)CC1. The van der Waals surface area contributed by atoms with Gasteiger partial charge in [-0.3, -0.25) is 14.5 Å². The lowest BCUT2D eigenvalue weighted by atomic mass is 9.97. The number of aliphatic hydroxyl groups excluding tert-OH is 1. The molecule has 0 aliphatic carbocycles. The molecule has 1 rings (SSSR count). The smallest absolute Gasteiger partial charge is 0.308 e. The molecule has 1 aliphatic rings. The number of rotatable bonds is 8. The molecule has 1 heterocycles. The Balaban J connectivity index is 2.39. The molecule has 1 amide bonds. The van der Waals surface area contributed by atoms with Crippen LogP contribution in [-0.2, 0) is 19.1 Å². The van der Waals surface area contributed by atoms with Gasteiger partial charge in [0.1, 0.15) is 0 Å². The van der Waals surface area contributed by atoms with E-state index < -0.39 is 0 Å². The number of piperidine rings is 1. The first-order chi connectivity index (χ1) is 10.1. The summed E-state index contributed by atoms with van der Waals surface area (Å²) >= 11 is 0. The van der Waals surface area contributed by atoms with Crippen molar-refractivity contribution in [2.45, 2.75) is 12.8 Å². The fourth-order valence-corrected chi connectivity index (χ4v) is 2.45. The molecule has 21 heavy (non-hydrogen) atoms. The number of ether oxygens (including phenoxy) is 2. The predicted octanol–water partition coefficient (Wildman–Crippen LogP) is -0.661. The van der Waals surface area contributed by atoms with E-state index in [-0.39, 0.29) is 30.9 Å². The number of hydrogen-bond acceptors (Lipinski definition) is 6. The van der Waals surface area contributed by atoms with Crippen molar-refractivity contribution in [1.82, 2.24) is 9.80 Å². The van der Waals surface area contributed by atoms with E-state index in [4.69, 9.17) is 14.6 Å². The van der Waals surface area contributed by atoms with E-state index in [0.29, 0.717) is 45.6 Å². The van der Waals surface area contributed by atoms with Crippen molar-refractivity contribution in [3.05, 3.63) is 0 Å². The maximum atomic E-state index is 12.2. The molecule has 1 fully saturated rings. The number of nitrogens with zero attached hydrogens (tertiary/aromatic N) is 2. The summed E-state index contributed by atoms with van der Waals surface area (Å²) < 4.78 is 9.73. The molecular formula is C14H26N2O5. The number of methoxy groups -OCH3 is 2. The summed E-state index contributed by atoms with van der Waals surface area (Å²) in [6.45, 7) is 3.03. The summed E-state index contributed by atoms with van der Waals surface area (Å²) in [5, 5.41) is 9.02. The minimum Gasteiger partial charge on any atom is -0.469 e. The van der Waals surface area contributed by atoms with Crippen molar-refractivity contribution in [2.24, 2.45) is 5.92 Å². The molecule has 0 unspecified atom stereocenters. The van der Waals surface area contributed by atoms with Gasteiger partial charge in [-0.25, -0.2) is 0 Å². The number of aliphatic hydroxyl groups is 1. The zero-order chi connectivity index (χ0) is 15.7. The summed E-state index contributed by atoms with van der Waals surface area (Å²) in [6.07, 6.45) is 1.30. The van der Waals surface area contributed by atoms with E-state index in [9.17, 15) is 9.59 Å². The molecule has 0 radical (unpaired) electrons. The predicted molar refractivity (Wildman–Crippen MR) is 76.7 cm³/mol. The molecule has 7 nitrogen and oxygen atoms in total. The van der Waals surface area contributed by atoms with Crippen LogP contribution in [0.1, 0.15) is 12.8 Å². The first kappa shape index (κ1) is 17.9. The Morgan fingerprint density at radius 2 is 1.90 bits per heavy atom. The molecule has 0 saturated carbocycles. The molecule has 1 saturated heterocycles. The van der Waals surface area contributed by atoms with Gasteiger partial charge in [-0.15, -0.1) is 0 Å². The molecule has 7 heteroatoms. The quantitative estimate of drug-likeness (QED) is 0.600. The minimum absolute atomic E-state index is 0.0153. The summed E-state index contributed by atoms with van der Waals surface area (Å²) in [4.78, 5) is 27.3. The Kier molecular flexibility index (Phi) is 8.26. The molecule has 122 valence electrons. The lowest BCUT2D eigenvalue weighted by Gasteiger charge is -2.32. The van der Waals surface area contributed by atoms with E-state index >= 15 is 0 Å². The summed E-state index contributed by atoms with van der Waals surface area (Å²) in [5.41, 5.74) is 0. The molecule has 0 spiro atoms. The van der Waals surface area contributed by atoms with E-state index in [1.54, 1.807) is 12.0 Å². The second-order valence-corrected chi connectivity index (χ2v) is 5.17. The highest BCUT2D eigenvalue weighted by atomic mass is 16.5. The second-order valence-electron chi connectivity index (χ2n) is 5.17. The molecule has 0 aromatic heterocycles. The van der Waals surface area contributed by atoms with Crippen LogP contribution in [0.5, 0.6) is 0 Å². The van der Waals surface area contributed by atoms with Crippen LogP contribution in [0.4, 0.5) is 0 Å². The monoisotopic (exact) mass is 302 g/mol. The lowest BCUT2D eigenvalue weighted by molar-refractivity contribution is -0.149. The summed E-state index contributed by atoms with van der Waals surface area (Å²) in [7, 11) is 3.00. The van der Waals surface area contributed by atoms with Crippen LogP contribution in [0, 0.1) is 5.92 Å². The van der Waals surface area contributed by atoms with Gasteiger partial charge in [0.05, 0.1) is 32.8 Å². The van der Waals surface area contributed by atoms with Crippen LogP contribution in [0.3, 0.4) is 0 Å². The van der Waals surface area contributed by atoms with Gasteiger partial charge in [0.15, 0.2) is 0 Å². The number of likely N-dealkylation sites (tertiary alicyclic amines) is 1. The topological polar surface area (TPSA) is 79.3 Å². The van der Waals surface area contributed by atoms with E-state index in [2.05, 4.69) is 0 Å². The molecule has 0 aromatic rings. The third-order valence-electron chi connectivity index (χ3n) is 3.77. The summed E-state index contributed by atoms with van der Waals surface area (Å²) in [6, 6.07) is 0. The number of amides is 1. The van der Waals surface area contributed by atoms with Crippen LogP contribution in [0.15, 0.2) is 0 Å². The number of carbonyl (C=O) groups excluding carboxylic acids is 2. The zero-order valence-electron chi connectivity index (χ0n) is 12.9. The van der Waals surface area contributed by atoms with Gasteiger partial charge in [-0.2, -0.15) is 0 Å². The van der Waals surface area contributed by atoms with Crippen molar-refractivity contribution in [3.63, 3.8) is 0 Å². The van der Waals surface area contributed by atoms with E-state index in [0.717, 1.165) is 0 Å². The average Bonchev–Trinajstić information content (AvgIpc) is 2.52. The zero-order valence-corrected chi connectivity index (χ0v) is 12.9. The van der Waals surface area contributed by atoms with Gasteiger partial charge < -0.3 is 19.5 Å². The third-order valence-corrected chi connectivity index (χ3v) is 3.77. The van der Waals surface area contributed by atoms with Gasteiger partial charge in [0.25, 0.3) is 0 Å². The Morgan fingerprint density at radius 1 is 1.24 bits per heavy atom. The number of esters is 1. The standard InChI is InChI=1S/C14H26N2O5/c1-20-10-8-15(7-9-17)11-13(18)16-5-3-12(4-6-16)14(19)21-2/h12,17H,3-11H2,1-2H3. The fraction of sp³-hybridized carbons (Fsp3) is 0.857. The van der Waals surface area contributed by atoms with Crippen LogP contribution in [0.2, 0.25) is 0 Å². The molecule has 0 atom stereocenters. The van der Waals surface area contributed by atoms with Crippen LogP contribution in [0.25, 0.3) is 0 Å². The highest BCUT2D eigenvalue weighted by molar-refractivity contribution is 5.79. The van der Waals surface area contributed by atoms with Gasteiger partial charge in [0, 0.05) is 33.3 Å².